The van der Waals surface area contributed by atoms with Crippen LogP contribution >= 0.6 is 0 Å². The topological polar surface area (TPSA) is 79.6 Å². The molecule has 1 aliphatic heterocycles. The van der Waals surface area contributed by atoms with Crippen LogP contribution in [-0.4, -0.2) is 49.9 Å². The smallest absolute Gasteiger partial charge is 0.234 e. The summed E-state index contributed by atoms with van der Waals surface area (Å²) in [5.41, 5.74) is 0. The van der Waals surface area contributed by atoms with Gasteiger partial charge in [-0.2, -0.15) is 0 Å². The number of nitrogens with zero attached hydrogens (tertiary/aromatic N) is 1. The molecule has 1 unspecified atom stereocenters. The zero-order valence-electron chi connectivity index (χ0n) is 11.5. The first kappa shape index (κ1) is 15.1. The lowest BCUT2D eigenvalue weighted by Crippen LogP contribution is -2.43. The Hall–Kier alpha value is -1.34. The van der Waals surface area contributed by atoms with Gasteiger partial charge < -0.3 is 9.73 Å². The van der Waals surface area contributed by atoms with E-state index in [9.17, 15) is 13.2 Å². The number of likely N-dealkylation sites (N-methyl/N-ethyl adjacent to an activating group) is 1. The Morgan fingerprint density at radius 1 is 1.55 bits per heavy atom. The van der Waals surface area contributed by atoms with E-state index in [0.29, 0.717) is 25.3 Å². The highest BCUT2D eigenvalue weighted by molar-refractivity contribution is 7.91. The predicted octanol–water partition coefficient (Wildman–Crippen LogP) is 0.405. The summed E-state index contributed by atoms with van der Waals surface area (Å²) in [6, 6.07) is 3.52. The lowest BCUT2D eigenvalue weighted by atomic mass is 10.2. The molecule has 7 heteroatoms. The standard InChI is InChI=1S/C13H20N2O4S/c1-2-15(11-5-7-20(17,18)10-11)9-13(16)14-8-12-4-3-6-19-12/h3-4,6,11H,2,5,7-10H2,1H3,(H,14,16). The lowest BCUT2D eigenvalue weighted by molar-refractivity contribution is -0.122. The van der Waals surface area contributed by atoms with Crippen LogP contribution in [0.2, 0.25) is 0 Å². The predicted molar refractivity (Wildman–Crippen MR) is 74.9 cm³/mol. The van der Waals surface area contributed by atoms with Crippen LogP contribution in [0.3, 0.4) is 0 Å². The van der Waals surface area contributed by atoms with E-state index in [0.717, 1.165) is 0 Å². The third-order valence-corrected chi connectivity index (χ3v) is 5.27. The molecular formula is C13H20N2O4S. The molecule has 112 valence electrons. The van der Waals surface area contributed by atoms with Gasteiger partial charge in [-0.15, -0.1) is 0 Å². The molecule has 1 N–H and O–H groups in total. The molecule has 1 aromatic rings. The van der Waals surface area contributed by atoms with Crippen LogP contribution in [0.4, 0.5) is 0 Å². The first-order chi connectivity index (χ1) is 9.50. The highest BCUT2D eigenvalue weighted by atomic mass is 32.2. The number of sulfone groups is 1. The maximum absolute atomic E-state index is 11.9. The monoisotopic (exact) mass is 300 g/mol. The second kappa shape index (κ2) is 6.41. The maximum atomic E-state index is 11.9. The fourth-order valence-corrected chi connectivity index (χ4v) is 4.16. The Kier molecular flexibility index (Phi) is 4.82. The molecule has 0 aliphatic carbocycles. The Morgan fingerprint density at radius 3 is 2.90 bits per heavy atom. The zero-order valence-corrected chi connectivity index (χ0v) is 12.4. The summed E-state index contributed by atoms with van der Waals surface area (Å²) in [4.78, 5) is 13.8. The minimum Gasteiger partial charge on any atom is -0.467 e. The van der Waals surface area contributed by atoms with Gasteiger partial charge in [-0.3, -0.25) is 9.69 Å². The molecule has 1 amide bonds. The van der Waals surface area contributed by atoms with E-state index in [4.69, 9.17) is 4.42 Å². The number of carbonyl (C=O) groups is 1. The first-order valence-corrected chi connectivity index (χ1v) is 8.56. The summed E-state index contributed by atoms with van der Waals surface area (Å²) in [6.07, 6.45) is 2.17. The van der Waals surface area contributed by atoms with E-state index in [1.54, 1.807) is 18.4 Å². The van der Waals surface area contributed by atoms with Crippen molar-refractivity contribution >= 4 is 15.7 Å². The van der Waals surface area contributed by atoms with E-state index in [1.165, 1.54) is 0 Å². The van der Waals surface area contributed by atoms with Crippen LogP contribution in [0.15, 0.2) is 22.8 Å². The van der Waals surface area contributed by atoms with Gasteiger partial charge in [0.1, 0.15) is 5.76 Å². The van der Waals surface area contributed by atoms with Gasteiger partial charge in [0.05, 0.1) is 30.9 Å². The van der Waals surface area contributed by atoms with Crippen LogP contribution in [0.25, 0.3) is 0 Å². The Labute approximate surface area is 119 Å². The largest absolute Gasteiger partial charge is 0.467 e. The fourth-order valence-electron chi connectivity index (χ4n) is 2.40. The molecule has 0 spiro atoms. The van der Waals surface area contributed by atoms with Crippen molar-refractivity contribution < 1.29 is 17.6 Å². The molecule has 1 aromatic heterocycles. The highest BCUT2D eigenvalue weighted by Crippen LogP contribution is 2.17. The number of furan rings is 1. The van der Waals surface area contributed by atoms with Crippen LogP contribution in [0, 0.1) is 0 Å². The maximum Gasteiger partial charge on any atom is 0.234 e. The summed E-state index contributed by atoms with van der Waals surface area (Å²) in [7, 11) is -2.92. The second-order valence-corrected chi connectivity index (χ2v) is 7.20. The molecule has 2 heterocycles. The molecular weight excluding hydrogens is 280 g/mol. The van der Waals surface area contributed by atoms with Crippen molar-refractivity contribution in [3.63, 3.8) is 0 Å². The van der Waals surface area contributed by atoms with Gasteiger partial charge in [0.2, 0.25) is 5.91 Å². The van der Waals surface area contributed by atoms with Crippen molar-refractivity contribution in [2.75, 3.05) is 24.6 Å². The third kappa shape index (κ3) is 4.08. The number of amides is 1. The number of rotatable bonds is 6. The van der Waals surface area contributed by atoms with Crippen molar-refractivity contribution in [2.45, 2.75) is 25.9 Å². The number of hydrogen-bond donors (Lipinski definition) is 1. The Morgan fingerprint density at radius 2 is 2.35 bits per heavy atom. The molecule has 0 radical (unpaired) electrons. The summed E-state index contributed by atoms with van der Waals surface area (Å²) < 4.78 is 28.1. The summed E-state index contributed by atoms with van der Waals surface area (Å²) >= 11 is 0. The number of hydrogen-bond acceptors (Lipinski definition) is 5. The molecule has 1 aliphatic rings. The van der Waals surface area contributed by atoms with E-state index in [1.807, 2.05) is 11.8 Å². The van der Waals surface area contributed by atoms with Crippen LogP contribution in [-0.2, 0) is 21.2 Å². The number of carbonyl (C=O) groups excluding carboxylic acids is 1. The van der Waals surface area contributed by atoms with Crippen molar-refractivity contribution in [2.24, 2.45) is 0 Å². The van der Waals surface area contributed by atoms with E-state index >= 15 is 0 Å². The fraction of sp³-hybridized carbons (Fsp3) is 0.615. The van der Waals surface area contributed by atoms with E-state index in [2.05, 4.69) is 5.32 Å². The molecule has 1 fully saturated rings. The lowest BCUT2D eigenvalue weighted by Gasteiger charge is -2.25. The number of nitrogens with one attached hydrogen (secondary N) is 1. The third-order valence-electron chi connectivity index (χ3n) is 3.52. The summed E-state index contributed by atoms with van der Waals surface area (Å²) in [5.74, 6) is 0.964. The van der Waals surface area contributed by atoms with Gasteiger partial charge in [-0.05, 0) is 25.1 Å². The average molecular weight is 300 g/mol. The normalized spacial score (nSPS) is 21.2. The van der Waals surface area contributed by atoms with Gasteiger partial charge in [0.25, 0.3) is 0 Å². The summed E-state index contributed by atoms with van der Waals surface area (Å²) in [5, 5.41) is 2.77. The van der Waals surface area contributed by atoms with Gasteiger partial charge in [0.15, 0.2) is 9.84 Å². The molecule has 0 saturated carbocycles. The minimum absolute atomic E-state index is 0.0423. The average Bonchev–Trinajstić information content (AvgIpc) is 3.02. The van der Waals surface area contributed by atoms with Crippen LogP contribution in [0.5, 0.6) is 0 Å². The molecule has 1 atom stereocenters. The Bertz CT molecular complexity index is 539. The van der Waals surface area contributed by atoms with Crippen molar-refractivity contribution in [1.82, 2.24) is 10.2 Å². The molecule has 2 rings (SSSR count). The first-order valence-electron chi connectivity index (χ1n) is 6.73. The van der Waals surface area contributed by atoms with Crippen molar-refractivity contribution in [3.8, 4) is 0 Å². The van der Waals surface area contributed by atoms with Gasteiger partial charge >= 0.3 is 0 Å². The minimum atomic E-state index is -2.92. The zero-order chi connectivity index (χ0) is 14.6. The molecule has 0 aromatic carbocycles. The Balaban J connectivity index is 1.82. The highest BCUT2D eigenvalue weighted by Gasteiger charge is 2.32. The molecule has 0 bridgehead atoms. The summed E-state index contributed by atoms with van der Waals surface area (Å²) in [6.45, 7) is 3.17. The van der Waals surface area contributed by atoms with E-state index < -0.39 is 9.84 Å². The molecule has 1 saturated heterocycles. The van der Waals surface area contributed by atoms with Gasteiger partial charge in [-0.1, -0.05) is 6.92 Å². The van der Waals surface area contributed by atoms with Gasteiger partial charge in [0, 0.05) is 6.04 Å². The van der Waals surface area contributed by atoms with Crippen molar-refractivity contribution in [1.29, 1.82) is 0 Å². The van der Waals surface area contributed by atoms with Gasteiger partial charge in [-0.25, -0.2) is 8.42 Å². The van der Waals surface area contributed by atoms with Crippen LogP contribution in [0.1, 0.15) is 19.1 Å². The molecule has 6 nitrogen and oxygen atoms in total. The molecule has 20 heavy (non-hydrogen) atoms. The SMILES string of the molecule is CCN(CC(=O)NCc1ccco1)C1CCS(=O)(=O)C1. The second-order valence-electron chi connectivity index (χ2n) is 4.98. The van der Waals surface area contributed by atoms with Crippen LogP contribution < -0.4 is 5.32 Å². The van der Waals surface area contributed by atoms with Crippen molar-refractivity contribution in [3.05, 3.63) is 24.2 Å². The van der Waals surface area contributed by atoms with E-state index in [-0.39, 0.29) is 30.0 Å². The quantitative estimate of drug-likeness (QED) is 0.823.